The summed E-state index contributed by atoms with van der Waals surface area (Å²) in [5, 5.41) is 0. The third-order valence-corrected chi connectivity index (χ3v) is 2.92. The lowest BCUT2D eigenvalue weighted by molar-refractivity contribution is -0.114. The van der Waals surface area contributed by atoms with Gasteiger partial charge in [-0.05, 0) is 18.9 Å². The zero-order valence-corrected chi connectivity index (χ0v) is 11.7. The van der Waals surface area contributed by atoms with Crippen LogP contribution < -0.4 is 0 Å². The van der Waals surface area contributed by atoms with Crippen molar-refractivity contribution < 1.29 is 9.53 Å². The van der Waals surface area contributed by atoms with Crippen LogP contribution in [0.25, 0.3) is 0 Å². The molecule has 100 valence electrons. The van der Waals surface area contributed by atoms with E-state index in [1.807, 2.05) is 6.08 Å². The first-order valence-corrected chi connectivity index (χ1v) is 6.98. The molecular formula is C15H28O2. The molecule has 1 unspecified atom stereocenters. The fourth-order valence-corrected chi connectivity index (χ4v) is 1.74. The molecule has 0 saturated heterocycles. The molecule has 2 nitrogen and oxygen atoms in total. The Labute approximate surface area is 106 Å². The maximum atomic E-state index is 11.5. The van der Waals surface area contributed by atoms with E-state index in [9.17, 15) is 4.79 Å². The molecule has 1 atom stereocenters. The zero-order valence-electron chi connectivity index (χ0n) is 11.7. The van der Waals surface area contributed by atoms with Gasteiger partial charge in [-0.25, -0.2) is 0 Å². The summed E-state index contributed by atoms with van der Waals surface area (Å²) < 4.78 is 5.33. The molecule has 0 fully saturated rings. The molecule has 0 rings (SSSR count). The molecule has 0 bridgehead atoms. The van der Waals surface area contributed by atoms with Gasteiger partial charge in [-0.2, -0.15) is 0 Å². The molecule has 17 heavy (non-hydrogen) atoms. The Morgan fingerprint density at radius 3 is 2.35 bits per heavy atom. The molecule has 0 heterocycles. The molecule has 0 aromatic carbocycles. The first-order valence-electron chi connectivity index (χ1n) is 6.98. The number of carbonyl (C=O) groups is 1. The first-order chi connectivity index (χ1) is 8.24. The molecule has 0 saturated carbocycles. The van der Waals surface area contributed by atoms with Crippen LogP contribution in [0.4, 0.5) is 0 Å². The van der Waals surface area contributed by atoms with E-state index in [1.54, 1.807) is 13.2 Å². The van der Waals surface area contributed by atoms with Crippen LogP contribution in [0.1, 0.15) is 65.2 Å². The van der Waals surface area contributed by atoms with Gasteiger partial charge >= 0.3 is 0 Å². The van der Waals surface area contributed by atoms with Crippen molar-refractivity contribution in [2.45, 2.75) is 71.3 Å². The zero-order chi connectivity index (χ0) is 12.9. The first kappa shape index (κ1) is 16.4. The quantitative estimate of drug-likeness (QED) is 0.398. The Hall–Kier alpha value is -0.630. The Balaban J connectivity index is 3.79. The molecule has 2 heteroatoms. The maximum absolute atomic E-state index is 11.5. The summed E-state index contributed by atoms with van der Waals surface area (Å²) in [7, 11) is 1.71. The number of allylic oxidation sites excluding steroid dienone is 1. The Morgan fingerprint density at radius 2 is 1.76 bits per heavy atom. The standard InChI is InChI=1S/C15H28O2/c1-4-6-8-10-14(16)12-13-15(17-3)11-9-7-5-2/h12-13,15H,4-11H2,1-3H3/b13-12-. The summed E-state index contributed by atoms with van der Waals surface area (Å²) >= 11 is 0. The van der Waals surface area contributed by atoms with Crippen molar-refractivity contribution in [1.82, 2.24) is 0 Å². The summed E-state index contributed by atoms with van der Waals surface area (Å²) in [6.07, 6.45) is 12.4. The molecule has 0 radical (unpaired) electrons. The lowest BCUT2D eigenvalue weighted by atomic mass is 10.1. The number of hydrogen-bond acceptors (Lipinski definition) is 2. The lowest BCUT2D eigenvalue weighted by Gasteiger charge is -2.09. The molecule has 0 aromatic rings. The van der Waals surface area contributed by atoms with Gasteiger partial charge in [-0.1, -0.05) is 52.0 Å². The molecule has 0 aliphatic carbocycles. The largest absolute Gasteiger partial charge is 0.377 e. The maximum Gasteiger partial charge on any atom is 0.155 e. The fourth-order valence-electron chi connectivity index (χ4n) is 1.74. The summed E-state index contributed by atoms with van der Waals surface area (Å²) in [6.45, 7) is 4.34. The van der Waals surface area contributed by atoms with Crippen molar-refractivity contribution in [2.24, 2.45) is 0 Å². The predicted octanol–water partition coefficient (Wildman–Crippen LogP) is 4.29. The van der Waals surface area contributed by atoms with Gasteiger partial charge in [0.15, 0.2) is 5.78 Å². The highest BCUT2D eigenvalue weighted by Crippen LogP contribution is 2.08. The molecule has 0 aliphatic rings. The van der Waals surface area contributed by atoms with Gasteiger partial charge in [0, 0.05) is 13.5 Å². The van der Waals surface area contributed by atoms with Crippen LogP contribution in [-0.4, -0.2) is 19.0 Å². The van der Waals surface area contributed by atoms with Gasteiger partial charge in [0.25, 0.3) is 0 Å². The summed E-state index contributed by atoms with van der Waals surface area (Å²) in [4.78, 5) is 11.5. The van der Waals surface area contributed by atoms with Crippen molar-refractivity contribution >= 4 is 5.78 Å². The van der Waals surface area contributed by atoms with Crippen LogP contribution in [0.2, 0.25) is 0 Å². The van der Waals surface area contributed by atoms with Crippen molar-refractivity contribution in [1.29, 1.82) is 0 Å². The minimum absolute atomic E-state index is 0.108. The Bertz CT molecular complexity index is 209. The average Bonchev–Trinajstić information content (AvgIpc) is 2.34. The Morgan fingerprint density at radius 1 is 1.12 bits per heavy atom. The molecule has 0 aliphatic heterocycles. The third kappa shape index (κ3) is 10.3. The van der Waals surface area contributed by atoms with Crippen LogP contribution in [0.3, 0.4) is 0 Å². The van der Waals surface area contributed by atoms with Crippen molar-refractivity contribution in [3.63, 3.8) is 0 Å². The van der Waals surface area contributed by atoms with Gasteiger partial charge < -0.3 is 4.74 Å². The SMILES string of the molecule is CCCCCC(=O)/C=C\C(CCCCC)OC. The molecular weight excluding hydrogens is 212 g/mol. The highest BCUT2D eigenvalue weighted by molar-refractivity contribution is 5.89. The predicted molar refractivity (Wildman–Crippen MR) is 73.2 cm³/mol. The van der Waals surface area contributed by atoms with Crippen LogP contribution >= 0.6 is 0 Å². The van der Waals surface area contributed by atoms with Gasteiger partial charge in [0.2, 0.25) is 0 Å². The summed E-state index contributed by atoms with van der Waals surface area (Å²) in [5.74, 6) is 0.232. The number of hydrogen-bond donors (Lipinski definition) is 0. The van der Waals surface area contributed by atoms with E-state index < -0.39 is 0 Å². The van der Waals surface area contributed by atoms with Crippen molar-refractivity contribution in [3.8, 4) is 0 Å². The smallest absolute Gasteiger partial charge is 0.155 e. The highest BCUT2D eigenvalue weighted by Gasteiger charge is 2.03. The van der Waals surface area contributed by atoms with Crippen LogP contribution in [0.5, 0.6) is 0 Å². The minimum atomic E-state index is 0.108. The van der Waals surface area contributed by atoms with E-state index in [1.165, 1.54) is 19.3 Å². The van der Waals surface area contributed by atoms with E-state index >= 15 is 0 Å². The third-order valence-electron chi connectivity index (χ3n) is 2.92. The number of ether oxygens (including phenoxy) is 1. The molecule has 0 spiro atoms. The second-order valence-corrected chi connectivity index (χ2v) is 4.55. The second-order valence-electron chi connectivity index (χ2n) is 4.55. The minimum Gasteiger partial charge on any atom is -0.377 e. The number of rotatable bonds is 11. The number of methoxy groups -OCH3 is 1. The molecule has 0 N–H and O–H groups in total. The van der Waals surface area contributed by atoms with Crippen molar-refractivity contribution in [2.75, 3.05) is 7.11 Å². The monoisotopic (exact) mass is 240 g/mol. The van der Waals surface area contributed by atoms with E-state index in [4.69, 9.17) is 4.74 Å². The van der Waals surface area contributed by atoms with Gasteiger partial charge in [-0.3, -0.25) is 4.79 Å². The molecule has 0 amide bonds. The highest BCUT2D eigenvalue weighted by atomic mass is 16.5. The summed E-state index contributed by atoms with van der Waals surface area (Å²) in [6, 6.07) is 0. The molecule has 0 aromatic heterocycles. The Kier molecular flexibility index (Phi) is 11.4. The van der Waals surface area contributed by atoms with E-state index in [0.29, 0.717) is 6.42 Å². The summed E-state index contributed by atoms with van der Waals surface area (Å²) in [5.41, 5.74) is 0. The van der Waals surface area contributed by atoms with Gasteiger partial charge in [0.1, 0.15) is 0 Å². The fraction of sp³-hybridized carbons (Fsp3) is 0.800. The van der Waals surface area contributed by atoms with E-state index in [0.717, 1.165) is 25.7 Å². The van der Waals surface area contributed by atoms with Gasteiger partial charge in [0.05, 0.1) is 6.10 Å². The topological polar surface area (TPSA) is 26.3 Å². The lowest BCUT2D eigenvalue weighted by Crippen LogP contribution is -2.07. The van der Waals surface area contributed by atoms with Crippen LogP contribution in [0, 0.1) is 0 Å². The van der Waals surface area contributed by atoms with Gasteiger partial charge in [-0.15, -0.1) is 0 Å². The van der Waals surface area contributed by atoms with Crippen LogP contribution in [-0.2, 0) is 9.53 Å². The normalized spacial score (nSPS) is 13.1. The van der Waals surface area contributed by atoms with E-state index in [-0.39, 0.29) is 11.9 Å². The average molecular weight is 240 g/mol. The number of carbonyl (C=O) groups excluding carboxylic acids is 1. The number of ketones is 1. The van der Waals surface area contributed by atoms with E-state index in [2.05, 4.69) is 13.8 Å². The van der Waals surface area contributed by atoms with Crippen LogP contribution in [0.15, 0.2) is 12.2 Å². The number of unbranched alkanes of at least 4 members (excludes halogenated alkanes) is 4. The second kappa shape index (κ2) is 11.8. The van der Waals surface area contributed by atoms with Crippen molar-refractivity contribution in [3.05, 3.63) is 12.2 Å².